The molecule has 0 radical (unpaired) electrons. The van der Waals surface area contributed by atoms with Crippen molar-refractivity contribution in [2.24, 2.45) is 5.84 Å². The Morgan fingerprint density at radius 3 is 2.71 bits per heavy atom. The fraction of sp³-hybridized carbons (Fsp3) is 0.267. The topological polar surface area (TPSA) is 73.6 Å². The molecule has 0 bridgehead atoms. The molecule has 0 aliphatic heterocycles. The van der Waals surface area contributed by atoms with Gasteiger partial charge in [-0.1, -0.05) is 6.07 Å². The first kappa shape index (κ1) is 15.3. The third-order valence-corrected chi connectivity index (χ3v) is 4.17. The summed E-state index contributed by atoms with van der Waals surface area (Å²) in [5.74, 6) is 6.23. The number of hydrogen-bond donors (Lipinski definition) is 2. The second-order valence-corrected chi connectivity index (χ2v) is 5.86. The second kappa shape index (κ2) is 6.60. The predicted octanol–water partition coefficient (Wildman–Crippen LogP) is 2.56. The van der Waals surface area contributed by atoms with Crippen LogP contribution in [0.2, 0.25) is 0 Å². The summed E-state index contributed by atoms with van der Waals surface area (Å²) >= 11 is 1.39. The van der Waals surface area contributed by atoms with E-state index in [2.05, 4.69) is 5.43 Å². The normalized spacial score (nSPS) is 10.3. The maximum Gasteiger partial charge on any atom is 0.275 e. The quantitative estimate of drug-likeness (QED) is 0.506. The van der Waals surface area contributed by atoms with Crippen LogP contribution in [-0.4, -0.2) is 13.0 Å². The highest BCUT2D eigenvalue weighted by Gasteiger charge is 2.12. The Kier molecular flexibility index (Phi) is 4.82. The molecule has 0 aliphatic carbocycles. The Hall–Kier alpha value is -2.05. The van der Waals surface area contributed by atoms with Crippen LogP contribution in [0.5, 0.6) is 11.5 Å². The summed E-state index contributed by atoms with van der Waals surface area (Å²) < 4.78 is 11.1. The van der Waals surface area contributed by atoms with E-state index in [1.807, 2.05) is 32.0 Å². The number of nitrogens with one attached hydrogen (secondary N) is 1. The molecule has 2 aromatic rings. The zero-order chi connectivity index (χ0) is 15.4. The van der Waals surface area contributed by atoms with E-state index in [1.165, 1.54) is 11.3 Å². The molecule has 0 unspecified atom stereocenters. The van der Waals surface area contributed by atoms with E-state index in [0.717, 1.165) is 16.0 Å². The maximum atomic E-state index is 11.5. The lowest BCUT2D eigenvalue weighted by Crippen LogP contribution is -2.29. The maximum absolute atomic E-state index is 11.5. The lowest BCUT2D eigenvalue weighted by molar-refractivity contribution is 0.0957. The average Bonchev–Trinajstić information content (AvgIpc) is 2.86. The van der Waals surface area contributed by atoms with Crippen LogP contribution in [0.25, 0.3) is 0 Å². The molecule has 21 heavy (non-hydrogen) atoms. The van der Waals surface area contributed by atoms with Crippen molar-refractivity contribution in [3.63, 3.8) is 0 Å². The minimum Gasteiger partial charge on any atom is -0.493 e. The fourth-order valence-electron chi connectivity index (χ4n) is 1.90. The van der Waals surface area contributed by atoms with Crippen molar-refractivity contribution < 1.29 is 14.3 Å². The first-order valence-electron chi connectivity index (χ1n) is 6.43. The Morgan fingerprint density at radius 2 is 2.05 bits per heavy atom. The number of benzene rings is 1. The standard InChI is InChI=1S/C15H18N2O3S/c1-9-4-5-12(13(6-9)19-3)20-8-11-7-14(15(18)17-16)21-10(11)2/h4-7H,8,16H2,1-3H3,(H,17,18). The molecular formula is C15H18N2O3S. The summed E-state index contributed by atoms with van der Waals surface area (Å²) in [6, 6.07) is 7.56. The van der Waals surface area contributed by atoms with E-state index >= 15 is 0 Å². The van der Waals surface area contributed by atoms with Crippen molar-refractivity contribution in [3.05, 3.63) is 45.1 Å². The predicted molar refractivity (Wildman–Crippen MR) is 82.8 cm³/mol. The average molecular weight is 306 g/mol. The van der Waals surface area contributed by atoms with E-state index < -0.39 is 0 Å². The number of hydrazine groups is 1. The number of rotatable bonds is 5. The molecule has 6 heteroatoms. The van der Waals surface area contributed by atoms with Gasteiger partial charge in [-0.05, 0) is 37.6 Å². The highest BCUT2D eigenvalue weighted by molar-refractivity contribution is 7.14. The number of aryl methyl sites for hydroxylation is 2. The van der Waals surface area contributed by atoms with Crippen LogP contribution >= 0.6 is 11.3 Å². The van der Waals surface area contributed by atoms with Crippen molar-refractivity contribution in [2.45, 2.75) is 20.5 Å². The van der Waals surface area contributed by atoms with Crippen LogP contribution in [0.3, 0.4) is 0 Å². The van der Waals surface area contributed by atoms with Gasteiger partial charge < -0.3 is 9.47 Å². The number of carbonyl (C=O) groups is 1. The molecule has 0 atom stereocenters. The Balaban J connectivity index is 2.13. The molecule has 2 rings (SSSR count). The van der Waals surface area contributed by atoms with Gasteiger partial charge in [0.15, 0.2) is 11.5 Å². The van der Waals surface area contributed by atoms with Gasteiger partial charge in [0.05, 0.1) is 12.0 Å². The molecular weight excluding hydrogens is 288 g/mol. The fourth-order valence-corrected chi connectivity index (χ4v) is 2.83. The van der Waals surface area contributed by atoms with E-state index in [4.69, 9.17) is 15.3 Å². The molecule has 112 valence electrons. The number of nitrogens with two attached hydrogens (primary N) is 1. The van der Waals surface area contributed by atoms with Crippen LogP contribution in [-0.2, 0) is 6.61 Å². The molecule has 0 saturated carbocycles. The SMILES string of the molecule is COc1cc(C)ccc1OCc1cc(C(=O)NN)sc1C. The van der Waals surface area contributed by atoms with Crippen molar-refractivity contribution in [2.75, 3.05) is 7.11 Å². The number of ether oxygens (including phenoxy) is 2. The zero-order valence-corrected chi connectivity index (χ0v) is 13.0. The first-order valence-corrected chi connectivity index (χ1v) is 7.24. The van der Waals surface area contributed by atoms with Gasteiger partial charge in [0, 0.05) is 10.4 Å². The Morgan fingerprint density at radius 1 is 1.29 bits per heavy atom. The highest BCUT2D eigenvalue weighted by atomic mass is 32.1. The van der Waals surface area contributed by atoms with E-state index in [0.29, 0.717) is 23.0 Å². The molecule has 1 aromatic carbocycles. The lowest BCUT2D eigenvalue weighted by Gasteiger charge is -2.11. The highest BCUT2D eigenvalue weighted by Crippen LogP contribution is 2.30. The van der Waals surface area contributed by atoms with E-state index in [1.54, 1.807) is 13.2 Å². The van der Waals surface area contributed by atoms with Gasteiger partial charge in [0.1, 0.15) is 6.61 Å². The van der Waals surface area contributed by atoms with Gasteiger partial charge in [-0.2, -0.15) is 0 Å². The minimum atomic E-state index is -0.290. The molecule has 0 fully saturated rings. The van der Waals surface area contributed by atoms with Gasteiger partial charge in [-0.25, -0.2) is 5.84 Å². The van der Waals surface area contributed by atoms with Crippen LogP contribution < -0.4 is 20.7 Å². The second-order valence-electron chi connectivity index (χ2n) is 4.61. The van der Waals surface area contributed by atoms with Crippen LogP contribution in [0.4, 0.5) is 0 Å². The molecule has 0 spiro atoms. The molecule has 1 heterocycles. The van der Waals surface area contributed by atoms with Crippen molar-refractivity contribution >= 4 is 17.2 Å². The number of nitrogen functional groups attached to an aromatic ring is 1. The number of amides is 1. The van der Waals surface area contributed by atoms with Crippen molar-refractivity contribution in [1.82, 2.24) is 5.43 Å². The summed E-state index contributed by atoms with van der Waals surface area (Å²) in [6.07, 6.45) is 0. The van der Waals surface area contributed by atoms with Crippen molar-refractivity contribution in [1.29, 1.82) is 0 Å². The summed E-state index contributed by atoms with van der Waals surface area (Å²) in [5.41, 5.74) is 4.19. The van der Waals surface area contributed by atoms with Gasteiger partial charge in [0.2, 0.25) is 0 Å². The summed E-state index contributed by atoms with van der Waals surface area (Å²) in [5, 5.41) is 0. The monoisotopic (exact) mass is 306 g/mol. The molecule has 0 aliphatic rings. The molecule has 3 N–H and O–H groups in total. The number of thiophene rings is 1. The molecule has 5 nitrogen and oxygen atoms in total. The molecule has 1 aromatic heterocycles. The Bertz CT molecular complexity index is 652. The Labute approximate surface area is 127 Å². The third kappa shape index (κ3) is 3.53. The summed E-state index contributed by atoms with van der Waals surface area (Å²) in [6.45, 7) is 4.32. The lowest BCUT2D eigenvalue weighted by atomic mass is 10.2. The zero-order valence-electron chi connectivity index (χ0n) is 12.2. The van der Waals surface area contributed by atoms with Crippen LogP contribution in [0, 0.1) is 13.8 Å². The summed E-state index contributed by atoms with van der Waals surface area (Å²) in [7, 11) is 1.61. The number of hydrogen-bond acceptors (Lipinski definition) is 5. The van der Waals surface area contributed by atoms with Crippen molar-refractivity contribution in [3.8, 4) is 11.5 Å². The van der Waals surface area contributed by atoms with Gasteiger partial charge >= 0.3 is 0 Å². The molecule has 0 saturated heterocycles. The minimum absolute atomic E-state index is 0.290. The first-order chi connectivity index (χ1) is 10.0. The third-order valence-electron chi connectivity index (χ3n) is 3.08. The number of methoxy groups -OCH3 is 1. The van der Waals surface area contributed by atoms with Crippen LogP contribution in [0.1, 0.15) is 25.7 Å². The van der Waals surface area contributed by atoms with Gasteiger partial charge in [-0.3, -0.25) is 10.2 Å². The largest absolute Gasteiger partial charge is 0.493 e. The molecule has 1 amide bonds. The van der Waals surface area contributed by atoms with Gasteiger partial charge in [-0.15, -0.1) is 11.3 Å². The van der Waals surface area contributed by atoms with Gasteiger partial charge in [0.25, 0.3) is 5.91 Å². The summed E-state index contributed by atoms with van der Waals surface area (Å²) in [4.78, 5) is 13.1. The van der Waals surface area contributed by atoms with E-state index in [9.17, 15) is 4.79 Å². The van der Waals surface area contributed by atoms with E-state index in [-0.39, 0.29) is 5.91 Å². The number of carbonyl (C=O) groups excluding carboxylic acids is 1. The smallest absolute Gasteiger partial charge is 0.275 e. The van der Waals surface area contributed by atoms with Crippen LogP contribution in [0.15, 0.2) is 24.3 Å².